The van der Waals surface area contributed by atoms with E-state index >= 15 is 0 Å². The fourth-order valence-electron chi connectivity index (χ4n) is 2.02. The van der Waals surface area contributed by atoms with E-state index in [-0.39, 0.29) is 0 Å². The first-order chi connectivity index (χ1) is 7.25. The number of nitrogens with zero attached hydrogens (tertiary/aromatic N) is 1. The predicted molar refractivity (Wildman–Crippen MR) is 62.0 cm³/mol. The molecule has 2 nitrogen and oxygen atoms in total. The molecule has 1 aliphatic heterocycles. The van der Waals surface area contributed by atoms with Crippen LogP contribution in [0.1, 0.15) is 16.7 Å². The Morgan fingerprint density at radius 1 is 1.20 bits per heavy atom. The van der Waals surface area contributed by atoms with Crippen LogP contribution in [0.5, 0.6) is 0 Å². The van der Waals surface area contributed by atoms with Crippen molar-refractivity contribution in [1.82, 2.24) is 4.90 Å². The number of benzene rings is 1. The van der Waals surface area contributed by atoms with Gasteiger partial charge in [-0.15, -0.1) is 0 Å². The highest BCUT2D eigenvalue weighted by atomic mass is 16.5. The van der Waals surface area contributed by atoms with Gasteiger partial charge >= 0.3 is 0 Å². The molecule has 2 heteroatoms. The van der Waals surface area contributed by atoms with E-state index in [1.165, 1.54) is 16.7 Å². The molecule has 82 valence electrons. The Balaban J connectivity index is 2.03. The molecule has 1 aromatic carbocycles. The van der Waals surface area contributed by atoms with Gasteiger partial charge in [-0.05, 0) is 25.0 Å². The summed E-state index contributed by atoms with van der Waals surface area (Å²) in [6.07, 6.45) is 0. The number of rotatable bonds is 2. The summed E-state index contributed by atoms with van der Waals surface area (Å²) in [5, 5.41) is 0. The first kappa shape index (κ1) is 10.7. The fraction of sp³-hybridized carbons (Fsp3) is 0.538. The van der Waals surface area contributed by atoms with Gasteiger partial charge in [0.05, 0.1) is 13.2 Å². The van der Waals surface area contributed by atoms with Gasteiger partial charge in [0.15, 0.2) is 0 Å². The average Bonchev–Trinajstić information content (AvgIpc) is 2.24. The van der Waals surface area contributed by atoms with E-state index in [1.807, 2.05) is 0 Å². The van der Waals surface area contributed by atoms with Crippen LogP contribution < -0.4 is 0 Å². The molecule has 2 rings (SSSR count). The summed E-state index contributed by atoms with van der Waals surface area (Å²) in [5.41, 5.74) is 4.20. The van der Waals surface area contributed by atoms with Crippen molar-refractivity contribution in [3.05, 3.63) is 34.9 Å². The van der Waals surface area contributed by atoms with Crippen LogP contribution in [0.25, 0.3) is 0 Å². The molecule has 1 aliphatic rings. The zero-order valence-corrected chi connectivity index (χ0v) is 9.62. The topological polar surface area (TPSA) is 12.5 Å². The molecule has 0 atom stereocenters. The van der Waals surface area contributed by atoms with Gasteiger partial charge < -0.3 is 4.74 Å². The first-order valence-electron chi connectivity index (χ1n) is 5.62. The molecule has 0 aliphatic carbocycles. The summed E-state index contributed by atoms with van der Waals surface area (Å²) < 4.78 is 5.35. The minimum Gasteiger partial charge on any atom is -0.379 e. The summed E-state index contributed by atoms with van der Waals surface area (Å²) in [4.78, 5) is 2.46. The maximum absolute atomic E-state index is 5.35. The lowest BCUT2D eigenvalue weighted by Gasteiger charge is -2.27. The normalized spacial score (nSPS) is 18.0. The first-order valence-corrected chi connectivity index (χ1v) is 5.62. The highest BCUT2D eigenvalue weighted by Crippen LogP contribution is 2.13. The van der Waals surface area contributed by atoms with Gasteiger partial charge in [-0.25, -0.2) is 0 Å². The van der Waals surface area contributed by atoms with E-state index in [0.29, 0.717) is 0 Å². The van der Waals surface area contributed by atoms with Crippen molar-refractivity contribution < 1.29 is 4.74 Å². The molecule has 0 amide bonds. The fourth-order valence-corrected chi connectivity index (χ4v) is 2.02. The molecular formula is C13H19NO. The second kappa shape index (κ2) is 4.77. The van der Waals surface area contributed by atoms with Crippen LogP contribution in [0.2, 0.25) is 0 Å². The zero-order chi connectivity index (χ0) is 10.7. The van der Waals surface area contributed by atoms with Crippen LogP contribution in [0.15, 0.2) is 18.2 Å². The Morgan fingerprint density at radius 2 is 1.93 bits per heavy atom. The minimum atomic E-state index is 0.880. The van der Waals surface area contributed by atoms with Gasteiger partial charge in [-0.1, -0.05) is 23.8 Å². The molecule has 0 saturated carbocycles. The number of hydrogen-bond acceptors (Lipinski definition) is 2. The average molecular weight is 205 g/mol. The lowest BCUT2D eigenvalue weighted by Crippen LogP contribution is -2.35. The molecule has 0 unspecified atom stereocenters. The number of hydrogen-bond donors (Lipinski definition) is 0. The molecule has 1 saturated heterocycles. The van der Waals surface area contributed by atoms with Crippen LogP contribution in [0, 0.1) is 13.8 Å². The van der Waals surface area contributed by atoms with E-state index in [9.17, 15) is 0 Å². The maximum atomic E-state index is 5.35. The molecule has 0 radical (unpaired) electrons. The molecule has 0 bridgehead atoms. The monoisotopic (exact) mass is 205 g/mol. The largest absolute Gasteiger partial charge is 0.379 e. The molecular weight excluding hydrogens is 186 g/mol. The molecule has 0 spiro atoms. The summed E-state index contributed by atoms with van der Waals surface area (Å²) >= 11 is 0. The van der Waals surface area contributed by atoms with Crippen molar-refractivity contribution in [1.29, 1.82) is 0 Å². The smallest absolute Gasteiger partial charge is 0.0594 e. The SMILES string of the molecule is Cc1ccc(CN2CCOCC2)c(C)c1. The third-order valence-corrected chi connectivity index (χ3v) is 3.00. The van der Waals surface area contributed by atoms with E-state index < -0.39 is 0 Å². The van der Waals surface area contributed by atoms with Crippen molar-refractivity contribution in [3.8, 4) is 0 Å². The molecule has 15 heavy (non-hydrogen) atoms. The quantitative estimate of drug-likeness (QED) is 0.733. The number of aryl methyl sites for hydroxylation is 2. The summed E-state index contributed by atoms with van der Waals surface area (Å²) in [7, 11) is 0. The minimum absolute atomic E-state index is 0.880. The number of morpholine rings is 1. The van der Waals surface area contributed by atoms with Crippen molar-refractivity contribution >= 4 is 0 Å². The van der Waals surface area contributed by atoms with E-state index in [1.54, 1.807) is 0 Å². The molecule has 1 aromatic rings. The summed E-state index contributed by atoms with van der Waals surface area (Å²) in [6, 6.07) is 6.71. The van der Waals surface area contributed by atoms with Crippen molar-refractivity contribution in [2.75, 3.05) is 26.3 Å². The van der Waals surface area contributed by atoms with E-state index in [4.69, 9.17) is 4.74 Å². The number of ether oxygens (including phenoxy) is 1. The van der Waals surface area contributed by atoms with Crippen molar-refractivity contribution in [3.63, 3.8) is 0 Å². The third kappa shape index (κ3) is 2.80. The molecule has 0 aromatic heterocycles. The van der Waals surface area contributed by atoms with Gasteiger partial charge in [0.2, 0.25) is 0 Å². The molecule has 1 heterocycles. The summed E-state index contributed by atoms with van der Waals surface area (Å²) in [5.74, 6) is 0. The Hall–Kier alpha value is -0.860. The Kier molecular flexibility index (Phi) is 3.39. The van der Waals surface area contributed by atoms with Crippen LogP contribution in [-0.4, -0.2) is 31.2 Å². The van der Waals surface area contributed by atoms with Crippen LogP contribution >= 0.6 is 0 Å². The van der Waals surface area contributed by atoms with E-state index in [0.717, 1.165) is 32.8 Å². The van der Waals surface area contributed by atoms with Gasteiger partial charge in [0.25, 0.3) is 0 Å². The third-order valence-electron chi connectivity index (χ3n) is 3.00. The van der Waals surface area contributed by atoms with Gasteiger partial charge in [0.1, 0.15) is 0 Å². The Labute approximate surface area is 91.9 Å². The second-order valence-electron chi connectivity index (χ2n) is 4.32. The standard InChI is InChI=1S/C13H19NO/c1-11-3-4-13(12(2)9-11)10-14-5-7-15-8-6-14/h3-4,9H,5-8,10H2,1-2H3. The maximum Gasteiger partial charge on any atom is 0.0594 e. The molecule has 1 fully saturated rings. The molecule has 0 N–H and O–H groups in total. The lowest BCUT2D eigenvalue weighted by atomic mass is 10.1. The van der Waals surface area contributed by atoms with Crippen LogP contribution in [0.4, 0.5) is 0 Å². The van der Waals surface area contributed by atoms with Gasteiger partial charge in [-0.3, -0.25) is 4.90 Å². The lowest BCUT2D eigenvalue weighted by molar-refractivity contribution is 0.0341. The Bertz CT molecular complexity index is 329. The Morgan fingerprint density at radius 3 is 2.60 bits per heavy atom. The van der Waals surface area contributed by atoms with Gasteiger partial charge in [-0.2, -0.15) is 0 Å². The van der Waals surface area contributed by atoms with Gasteiger partial charge in [0, 0.05) is 19.6 Å². The summed E-state index contributed by atoms with van der Waals surface area (Å²) in [6.45, 7) is 9.29. The van der Waals surface area contributed by atoms with E-state index in [2.05, 4.69) is 36.9 Å². The van der Waals surface area contributed by atoms with Crippen LogP contribution in [0.3, 0.4) is 0 Å². The van der Waals surface area contributed by atoms with Crippen molar-refractivity contribution in [2.45, 2.75) is 20.4 Å². The highest BCUT2D eigenvalue weighted by molar-refractivity contribution is 5.30. The zero-order valence-electron chi connectivity index (χ0n) is 9.62. The predicted octanol–water partition coefficient (Wildman–Crippen LogP) is 2.14. The van der Waals surface area contributed by atoms with Crippen molar-refractivity contribution in [2.24, 2.45) is 0 Å². The highest BCUT2D eigenvalue weighted by Gasteiger charge is 2.11. The second-order valence-corrected chi connectivity index (χ2v) is 4.32. The van der Waals surface area contributed by atoms with Crippen LogP contribution in [-0.2, 0) is 11.3 Å².